The van der Waals surface area contributed by atoms with Crippen LogP contribution in [-0.2, 0) is 11.3 Å². The molecule has 2 atom stereocenters. The van der Waals surface area contributed by atoms with Gasteiger partial charge in [-0.25, -0.2) is 0 Å². The first-order valence-electron chi connectivity index (χ1n) is 8.56. The van der Waals surface area contributed by atoms with E-state index in [1.165, 1.54) is 0 Å². The van der Waals surface area contributed by atoms with Crippen LogP contribution in [0.1, 0.15) is 12.0 Å². The van der Waals surface area contributed by atoms with Crippen LogP contribution < -0.4 is 14.4 Å². The molecule has 0 aliphatic carbocycles. The fourth-order valence-corrected chi connectivity index (χ4v) is 3.74. The van der Waals surface area contributed by atoms with Gasteiger partial charge in [-0.15, -0.1) is 0 Å². The molecule has 0 saturated carbocycles. The molecule has 130 valence electrons. The van der Waals surface area contributed by atoms with E-state index in [0.717, 1.165) is 35.7 Å². The highest BCUT2D eigenvalue weighted by Gasteiger charge is 2.41. The molecule has 5 heteroatoms. The third-order valence-corrected chi connectivity index (χ3v) is 5.02. The number of ether oxygens (including phenoxy) is 2. The predicted molar refractivity (Wildman–Crippen MR) is 96.1 cm³/mol. The minimum atomic E-state index is -0.158. The Morgan fingerprint density at radius 1 is 1.20 bits per heavy atom. The van der Waals surface area contributed by atoms with Crippen molar-refractivity contribution in [3.8, 4) is 11.5 Å². The minimum Gasteiger partial charge on any atom is -0.497 e. The van der Waals surface area contributed by atoms with E-state index in [9.17, 15) is 4.79 Å². The van der Waals surface area contributed by atoms with Crippen LogP contribution in [0.15, 0.2) is 48.5 Å². The van der Waals surface area contributed by atoms with Gasteiger partial charge in [0.15, 0.2) is 0 Å². The second-order valence-electron chi connectivity index (χ2n) is 6.64. The maximum atomic E-state index is 13.0. The van der Waals surface area contributed by atoms with Gasteiger partial charge in [-0.2, -0.15) is 0 Å². The molecule has 2 unspecified atom stereocenters. The molecule has 5 nitrogen and oxygen atoms in total. The van der Waals surface area contributed by atoms with E-state index in [-0.39, 0.29) is 18.1 Å². The Kier molecular flexibility index (Phi) is 4.09. The Hall–Kier alpha value is -2.53. The lowest BCUT2D eigenvalue weighted by molar-refractivity contribution is -0.122. The van der Waals surface area contributed by atoms with E-state index in [0.29, 0.717) is 6.54 Å². The maximum absolute atomic E-state index is 13.0. The van der Waals surface area contributed by atoms with Crippen molar-refractivity contribution in [3.63, 3.8) is 0 Å². The Morgan fingerprint density at radius 3 is 2.88 bits per heavy atom. The predicted octanol–water partition coefficient (Wildman–Crippen LogP) is 2.69. The van der Waals surface area contributed by atoms with Crippen LogP contribution >= 0.6 is 0 Å². The second kappa shape index (κ2) is 6.41. The summed E-state index contributed by atoms with van der Waals surface area (Å²) in [6, 6.07) is 15.6. The van der Waals surface area contributed by atoms with Gasteiger partial charge in [-0.05, 0) is 29.8 Å². The van der Waals surface area contributed by atoms with Gasteiger partial charge in [-0.1, -0.05) is 24.3 Å². The van der Waals surface area contributed by atoms with E-state index in [1.54, 1.807) is 12.0 Å². The number of rotatable bonds is 3. The molecule has 1 fully saturated rings. The number of nitrogens with zero attached hydrogens (tertiary/aromatic N) is 2. The molecule has 2 aliphatic rings. The van der Waals surface area contributed by atoms with E-state index < -0.39 is 0 Å². The largest absolute Gasteiger partial charge is 0.497 e. The zero-order chi connectivity index (χ0) is 17.4. The first-order chi connectivity index (χ1) is 12.2. The van der Waals surface area contributed by atoms with Gasteiger partial charge in [0.1, 0.15) is 17.6 Å². The van der Waals surface area contributed by atoms with Crippen LogP contribution in [0.2, 0.25) is 0 Å². The lowest BCUT2D eigenvalue weighted by atomic mass is 10.1. The summed E-state index contributed by atoms with van der Waals surface area (Å²) < 4.78 is 11.5. The van der Waals surface area contributed by atoms with Crippen molar-refractivity contribution in [3.05, 3.63) is 54.1 Å². The molecule has 4 rings (SSSR count). The molecular weight excluding hydrogens is 316 g/mol. The summed E-state index contributed by atoms with van der Waals surface area (Å²) in [7, 11) is 3.49. The number of carbonyl (C=O) groups excluding carboxylic acids is 1. The van der Waals surface area contributed by atoms with Crippen LogP contribution in [-0.4, -0.2) is 43.7 Å². The number of carbonyl (C=O) groups is 1. The third kappa shape index (κ3) is 2.96. The summed E-state index contributed by atoms with van der Waals surface area (Å²) in [6.45, 7) is 1.45. The molecule has 0 aromatic heterocycles. The van der Waals surface area contributed by atoms with Crippen molar-refractivity contribution >= 4 is 11.6 Å². The lowest BCUT2D eigenvalue weighted by Gasteiger charge is -2.29. The lowest BCUT2D eigenvalue weighted by Crippen LogP contribution is -2.44. The average molecular weight is 338 g/mol. The molecule has 0 spiro atoms. The molecule has 25 heavy (non-hydrogen) atoms. The second-order valence-corrected chi connectivity index (χ2v) is 6.64. The number of fused-ring (bicyclic) bond motifs is 3. The number of benzene rings is 2. The molecule has 2 heterocycles. The van der Waals surface area contributed by atoms with Gasteiger partial charge in [-0.3, -0.25) is 9.69 Å². The SMILES string of the molecule is COc1cccc(CN2CC3CC2C(=O)N(C)c2ccccc2O3)c1. The van der Waals surface area contributed by atoms with Gasteiger partial charge < -0.3 is 14.4 Å². The molecule has 1 amide bonds. The van der Waals surface area contributed by atoms with E-state index in [2.05, 4.69) is 11.0 Å². The summed E-state index contributed by atoms with van der Waals surface area (Å²) in [4.78, 5) is 17.0. The van der Waals surface area contributed by atoms with Gasteiger partial charge >= 0.3 is 0 Å². The maximum Gasteiger partial charge on any atom is 0.244 e. The normalized spacial score (nSPS) is 22.8. The Bertz CT molecular complexity index is 792. The molecule has 2 bridgehead atoms. The molecule has 0 N–H and O–H groups in total. The number of likely N-dealkylation sites (N-methyl/N-ethyl adjacent to an activating group) is 1. The van der Waals surface area contributed by atoms with E-state index in [1.807, 2.05) is 49.5 Å². The standard InChI is InChI=1S/C20H22N2O3/c1-21-17-8-3-4-9-19(17)25-16-11-18(20(21)23)22(13-16)12-14-6-5-7-15(10-14)24-2/h3-10,16,18H,11-13H2,1-2H3. The van der Waals surface area contributed by atoms with Crippen LogP contribution in [0.4, 0.5) is 5.69 Å². The first-order valence-corrected chi connectivity index (χ1v) is 8.56. The Morgan fingerprint density at radius 2 is 2.04 bits per heavy atom. The van der Waals surface area contributed by atoms with Crippen LogP contribution in [0, 0.1) is 0 Å². The number of likely N-dealkylation sites (tertiary alicyclic amines) is 1. The Labute approximate surface area is 147 Å². The summed E-state index contributed by atoms with van der Waals surface area (Å²) >= 11 is 0. The van der Waals surface area contributed by atoms with Crippen molar-refractivity contribution in [2.24, 2.45) is 0 Å². The average Bonchev–Trinajstić information content (AvgIpc) is 3.03. The van der Waals surface area contributed by atoms with Gasteiger partial charge in [0, 0.05) is 26.6 Å². The highest BCUT2D eigenvalue weighted by molar-refractivity contribution is 5.98. The number of hydrogen-bond acceptors (Lipinski definition) is 4. The first kappa shape index (κ1) is 16.0. The number of anilines is 1. The fraction of sp³-hybridized carbons (Fsp3) is 0.350. The molecule has 2 aromatic carbocycles. The van der Waals surface area contributed by atoms with Gasteiger partial charge in [0.2, 0.25) is 5.91 Å². The summed E-state index contributed by atoms with van der Waals surface area (Å²) in [6.07, 6.45) is 0.760. The van der Waals surface area contributed by atoms with Crippen molar-refractivity contribution < 1.29 is 14.3 Å². The number of hydrogen-bond donors (Lipinski definition) is 0. The quantitative estimate of drug-likeness (QED) is 0.863. The van der Waals surface area contributed by atoms with Crippen molar-refractivity contribution in [1.29, 1.82) is 0 Å². The fourth-order valence-electron chi connectivity index (χ4n) is 3.74. The zero-order valence-corrected chi connectivity index (χ0v) is 14.5. The third-order valence-electron chi connectivity index (χ3n) is 5.02. The molecule has 1 saturated heterocycles. The van der Waals surface area contributed by atoms with Gasteiger partial charge in [0.25, 0.3) is 0 Å². The topological polar surface area (TPSA) is 42.0 Å². The number of para-hydroxylation sites is 2. The van der Waals surface area contributed by atoms with Crippen LogP contribution in [0.3, 0.4) is 0 Å². The summed E-state index contributed by atoms with van der Waals surface area (Å²) in [5.74, 6) is 1.74. The van der Waals surface area contributed by atoms with Crippen molar-refractivity contribution in [1.82, 2.24) is 4.90 Å². The van der Waals surface area contributed by atoms with Crippen molar-refractivity contribution in [2.75, 3.05) is 25.6 Å². The smallest absolute Gasteiger partial charge is 0.244 e. The number of methoxy groups -OCH3 is 1. The van der Waals surface area contributed by atoms with Gasteiger partial charge in [0.05, 0.1) is 18.8 Å². The highest BCUT2D eigenvalue weighted by atomic mass is 16.5. The molecule has 2 aromatic rings. The van der Waals surface area contributed by atoms with E-state index in [4.69, 9.17) is 9.47 Å². The Balaban J connectivity index is 1.61. The monoisotopic (exact) mass is 338 g/mol. The van der Waals surface area contributed by atoms with E-state index >= 15 is 0 Å². The molecular formula is C20H22N2O3. The molecule has 0 radical (unpaired) electrons. The number of amides is 1. The van der Waals surface area contributed by atoms with Crippen LogP contribution in [0.25, 0.3) is 0 Å². The summed E-state index contributed by atoms with van der Waals surface area (Å²) in [5.41, 5.74) is 1.97. The van der Waals surface area contributed by atoms with Crippen LogP contribution in [0.5, 0.6) is 11.5 Å². The van der Waals surface area contributed by atoms with Crippen molar-refractivity contribution in [2.45, 2.75) is 25.1 Å². The zero-order valence-electron chi connectivity index (χ0n) is 14.5. The highest BCUT2D eigenvalue weighted by Crippen LogP contribution is 2.35. The molecule has 2 aliphatic heterocycles. The minimum absolute atomic E-state index is 0.0365. The summed E-state index contributed by atoms with van der Waals surface area (Å²) in [5, 5.41) is 0.